The highest BCUT2D eigenvalue weighted by molar-refractivity contribution is 5.95. The van der Waals surface area contributed by atoms with Crippen LogP contribution in [0.4, 0.5) is 10.1 Å². The van der Waals surface area contributed by atoms with Crippen LogP contribution in [-0.2, 0) is 4.79 Å². The minimum absolute atomic E-state index is 0.0547. The fraction of sp³-hybridized carbons (Fsp3) is 0.462. The van der Waals surface area contributed by atoms with E-state index in [1.807, 2.05) is 6.92 Å². The van der Waals surface area contributed by atoms with Crippen molar-refractivity contribution in [3.05, 3.63) is 24.0 Å². The summed E-state index contributed by atoms with van der Waals surface area (Å²) >= 11 is 0. The number of aliphatic hydroxyl groups excluding tert-OH is 1. The number of anilines is 1. The first-order valence-corrected chi connectivity index (χ1v) is 5.99. The number of amides is 1. The summed E-state index contributed by atoms with van der Waals surface area (Å²) in [6.45, 7) is 2.59. The number of carbonyl (C=O) groups excluding carboxylic acids is 1. The van der Waals surface area contributed by atoms with Gasteiger partial charge >= 0.3 is 0 Å². The first kappa shape index (κ1) is 12.8. The van der Waals surface area contributed by atoms with Crippen LogP contribution in [0.2, 0.25) is 0 Å². The molecule has 98 valence electrons. The third-order valence-electron chi connectivity index (χ3n) is 2.98. The highest BCUT2D eigenvalue weighted by Gasteiger charge is 2.31. The molecule has 1 atom stereocenters. The van der Waals surface area contributed by atoms with Crippen LogP contribution in [0.1, 0.15) is 13.3 Å². The summed E-state index contributed by atoms with van der Waals surface area (Å²) in [4.78, 5) is 13.1. The molecule has 0 radical (unpaired) electrons. The number of benzene rings is 1. The minimum atomic E-state index is -0.479. The zero-order valence-corrected chi connectivity index (χ0v) is 10.2. The fourth-order valence-electron chi connectivity index (χ4n) is 2.10. The van der Waals surface area contributed by atoms with Crippen molar-refractivity contribution in [3.63, 3.8) is 0 Å². The van der Waals surface area contributed by atoms with Gasteiger partial charge in [-0.1, -0.05) is 0 Å². The van der Waals surface area contributed by atoms with Crippen molar-refractivity contribution < 1.29 is 19.0 Å². The highest BCUT2D eigenvalue weighted by Crippen LogP contribution is 2.29. The van der Waals surface area contributed by atoms with Gasteiger partial charge in [0, 0.05) is 31.6 Å². The van der Waals surface area contributed by atoms with Crippen molar-refractivity contribution in [2.24, 2.45) is 5.92 Å². The molecule has 0 saturated carbocycles. The van der Waals surface area contributed by atoms with Crippen LogP contribution in [0.3, 0.4) is 0 Å². The van der Waals surface area contributed by atoms with Crippen molar-refractivity contribution in [2.45, 2.75) is 13.3 Å². The van der Waals surface area contributed by atoms with Crippen molar-refractivity contribution >= 4 is 11.6 Å². The largest absolute Gasteiger partial charge is 0.494 e. The lowest BCUT2D eigenvalue weighted by atomic mass is 10.1. The van der Waals surface area contributed by atoms with Crippen LogP contribution in [0.25, 0.3) is 0 Å². The number of nitrogens with zero attached hydrogens (tertiary/aromatic N) is 1. The summed E-state index contributed by atoms with van der Waals surface area (Å²) in [5.74, 6) is -0.294. The number of carbonyl (C=O) groups is 1. The first-order chi connectivity index (χ1) is 8.65. The number of aliphatic hydroxyl groups is 1. The molecule has 1 fully saturated rings. The molecular formula is C13H16FNO3. The van der Waals surface area contributed by atoms with Gasteiger partial charge in [-0.05, 0) is 19.1 Å². The van der Waals surface area contributed by atoms with E-state index in [1.54, 1.807) is 6.07 Å². The van der Waals surface area contributed by atoms with Crippen LogP contribution >= 0.6 is 0 Å². The highest BCUT2D eigenvalue weighted by atomic mass is 19.1. The van der Waals surface area contributed by atoms with Gasteiger partial charge in [-0.3, -0.25) is 4.79 Å². The summed E-state index contributed by atoms with van der Waals surface area (Å²) in [5, 5.41) is 9.04. The van der Waals surface area contributed by atoms with Crippen LogP contribution in [-0.4, -0.2) is 30.8 Å². The van der Waals surface area contributed by atoms with Crippen LogP contribution in [0.15, 0.2) is 18.2 Å². The maximum atomic E-state index is 13.9. The summed E-state index contributed by atoms with van der Waals surface area (Å²) in [5.41, 5.74) is 0.249. The molecule has 1 heterocycles. The lowest BCUT2D eigenvalue weighted by Gasteiger charge is -2.17. The fourth-order valence-corrected chi connectivity index (χ4v) is 2.10. The Morgan fingerprint density at radius 2 is 2.33 bits per heavy atom. The van der Waals surface area contributed by atoms with E-state index in [0.717, 1.165) is 0 Å². The van der Waals surface area contributed by atoms with Gasteiger partial charge in [0.15, 0.2) is 5.82 Å². The van der Waals surface area contributed by atoms with E-state index < -0.39 is 5.82 Å². The third-order valence-corrected chi connectivity index (χ3v) is 2.98. The molecule has 0 bridgehead atoms. The minimum Gasteiger partial charge on any atom is -0.494 e. The second-order valence-electron chi connectivity index (χ2n) is 4.30. The van der Waals surface area contributed by atoms with Crippen LogP contribution < -0.4 is 9.64 Å². The summed E-state index contributed by atoms with van der Waals surface area (Å²) in [6.07, 6.45) is 0.267. The topological polar surface area (TPSA) is 49.8 Å². The molecule has 2 rings (SSSR count). The van der Waals surface area contributed by atoms with Crippen molar-refractivity contribution in [1.82, 2.24) is 0 Å². The van der Waals surface area contributed by atoms with E-state index in [9.17, 15) is 9.18 Å². The van der Waals surface area contributed by atoms with Crippen molar-refractivity contribution in [1.29, 1.82) is 0 Å². The molecule has 1 aromatic carbocycles. The smallest absolute Gasteiger partial charge is 0.227 e. The Hall–Kier alpha value is -1.62. The predicted octanol–water partition coefficient (Wildman–Crippen LogP) is 1.57. The molecule has 1 aliphatic heterocycles. The van der Waals surface area contributed by atoms with Gasteiger partial charge < -0.3 is 14.7 Å². The van der Waals surface area contributed by atoms with Gasteiger partial charge in [0.2, 0.25) is 5.91 Å². The molecule has 5 heteroatoms. The van der Waals surface area contributed by atoms with Crippen molar-refractivity contribution in [2.75, 3.05) is 24.7 Å². The molecular weight excluding hydrogens is 237 g/mol. The molecule has 1 unspecified atom stereocenters. The normalized spacial score (nSPS) is 19.4. The lowest BCUT2D eigenvalue weighted by molar-refractivity contribution is -0.117. The maximum absolute atomic E-state index is 13.9. The van der Waals surface area contributed by atoms with Gasteiger partial charge in [0.05, 0.1) is 12.3 Å². The summed E-state index contributed by atoms with van der Waals surface area (Å²) in [7, 11) is 0. The van der Waals surface area contributed by atoms with Crippen LogP contribution in [0.5, 0.6) is 5.75 Å². The van der Waals surface area contributed by atoms with Crippen LogP contribution in [0, 0.1) is 11.7 Å². The monoisotopic (exact) mass is 253 g/mol. The molecule has 18 heavy (non-hydrogen) atoms. The SMILES string of the molecule is CCOc1ccc(N2CC(CO)CC2=O)c(F)c1. The number of ether oxygens (including phenoxy) is 1. The number of halogens is 1. The summed E-state index contributed by atoms with van der Waals surface area (Å²) < 4.78 is 19.1. The molecule has 0 spiro atoms. The summed E-state index contributed by atoms with van der Waals surface area (Å²) in [6, 6.07) is 4.46. The lowest BCUT2D eigenvalue weighted by Crippen LogP contribution is -2.25. The van der Waals surface area contributed by atoms with E-state index >= 15 is 0 Å². The predicted molar refractivity (Wildman–Crippen MR) is 65.1 cm³/mol. The number of hydrogen-bond acceptors (Lipinski definition) is 3. The van der Waals surface area contributed by atoms with E-state index in [4.69, 9.17) is 9.84 Å². The Balaban J connectivity index is 2.21. The molecule has 0 aromatic heterocycles. The average Bonchev–Trinajstić information content (AvgIpc) is 2.71. The second-order valence-corrected chi connectivity index (χ2v) is 4.30. The molecule has 0 aliphatic carbocycles. The van der Waals surface area contributed by atoms with E-state index in [-0.39, 0.29) is 30.5 Å². The second kappa shape index (κ2) is 5.35. The zero-order valence-electron chi connectivity index (χ0n) is 10.2. The Kier molecular flexibility index (Phi) is 3.81. The van der Waals surface area contributed by atoms with E-state index in [1.165, 1.54) is 17.0 Å². The standard InChI is InChI=1S/C13H16FNO3/c1-2-18-10-3-4-12(11(14)6-10)15-7-9(8-16)5-13(15)17/h3-4,6,9,16H,2,5,7-8H2,1H3. The average molecular weight is 253 g/mol. The van der Waals surface area contributed by atoms with Gasteiger partial charge in [0.1, 0.15) is 5.75 Å². The maximum Gasteiger partial charge on any atom is 0.227 e. The van der Waals surface area contributed by atoms with Gasteiger partial charge in [-0.25, -0.2) is 4.39 Å². The quantitative estimate of drug-likeness (QED) is 0.886. The molecule has 1 N–H and O–H groups in total. The Labute approximate surface area is 105 Å². The Morgan fingerprint density at radius 3 is 2.89 bits per heavy atom. The van der Waals surface area contributed by atoms with Gasteiger partial charge in [0.25, 0.3) is 0 Å². The van der Waals surface area contributed by atoms with E-state index in [0.29, 0.717) is 18.9 Å². The van der Waals surface area contributed by atoms with Gasteiger partial charge in [-0.2, -0.15) is 0 Å². The molecule has 1 amide bonds. The van der Waals surface area contributed by atoms with Crippen molar-refractivity contribution in [3.8, 4) is 5.75 Å². The van der Waals surface area contributed by atoms with Gasteiger partial charge in [-0.15, -0.1) is 0 Å². The number of rotatable bonds is 4. The van der Waals surface area contributed by atoms with E-state index in [2.05, 4.69) is 0 Å². The molecule has 1 aromatic rings. The molecule has 4 nitrogen and oxygen atoms in total. The first-order valence-electron chi connectivity index (χ1n) is 5.99. The Bertz CT molecular complexity index is 450. The molecule has 1 aliphatic rings. The number of hydrogen-bond donors (Lipinski definition) is 1. The molecule has 1 saturated heterocycles. The third kappa shape index (κ3) is 2.46. The zero-order chi connectivity index (χ0) is 13.1. The Morgan fingerprint density at radius 1 is 1.56 bits per heavy atom.